The molecule has 0 aliphatic heterocycles. The van der Waals surface area contributed by atoms with Crippen LogP contribution in [0.2, 0.25) is 0 Å². The van der Waals surface area contributed by atoms with Crippen LogP contribution in [0, 0.1) is 0 Å². The van der Waals surface area contributed by atoms with Gasteiger partial charge in [0, 0.05) is 25.8 Å². The summed E-state index contributed by atoms with van der Waals surface area (Å²) in [6.45, 7) is 4.82. The molecule has 0 aromatic carbocycles. The van der Waals surface area contributed by atoms with Crippen LogP contribution in [0.25, 0.3) is 0 Å². The largest absolute Gasteiger partial charge is 0.469 e. The summed E-state index contributed by atoms with van der Waals surface area (Å²) >= 11 is 0. The number of esters is 1. The molecule has 0 saturated heterocycles. The van der Waals surface area contributed by atoms with Gasteiger partial charge in [-0.25, -0.2) is 9.67 Å². The van der Waals surface area contributed by atoms with Gasteiger partial charge < -0.3 is 4.74 Å². The molecule has 0 unspecified atom stereocenters. The number of methoxy groups -OCH3 is 1. The summed E-state index contributed by atoms with van der Waals surface area (Å²) < 4.78 is 6.48. The summed E-state index contributed by atoms with van der Waals surface area (Å²) in [6.07, 6.45) is 2.88. The van der Waals surface area contributed by atoms with Gasteiger partial charge in [0.05, 0.1) is 7.11 Å². The van der Waals surface area contributed by atoms with Gasteiger partial charge in [0.1, 0.15) is 5.82 Å². The molecule has 0 amide bonds. The molecule has 5 nitrogen and oxygen atoms in total. The van der Waals surface area contributed by atoms with Crippen LogP contribution >= 0.6 is 0 Å². The normalized spacial score (nSPS) is 10.4. The Bertz CT molecular complexity index is 347. The molecule has 0 radical (unpaired) electrons. The molecule has 1 heterocycles. The quantitative estimate of drug-likeness (QED) is 0.686. The molecular weight excluding hydrogens is 206 g/mol. The first-order chi connectivity index (χ1) is 7.71. The van der Waals surface area contributed by atoms with E-state index in [1.165, 1.54) is 7.11 Å². The Balaban J connectivity index is 2.52. The van der Waals surface area contributed by atoms with Crippen LogP contribution in [-0.2, 0) is 28.9 Å². The van der Waals surface area contributed by atoms with Gasteiger partial charge in [-0.2, -0.15) is 5.10 Å². The van der Waals surface area contributed by atoms with Crippen molar-refractivity contribution >= 4 is 5.97 Å². The summed E-state index contributed by atoms with van der Waals surface area (Å²) in [5.41, 5.74) is 0. The second kappa shape index (κ2) is 6.25. The van der Waals surface area contributed by atoms with Crippen LogP contribution in [0.1, 0.15) is 38.3 Å². The fourth-order valence-electron chi connectivity index (χ4n) is 1.49. The molecule has 16 heavy (non-hydrogen) atoms. The summed E-state index contributed by atoms with van der Waals surface area (Å²) in [6, 6.07) is 0. The van der Waals surface area contributed by atoms with Crippen molar-refractivity contribution in [3.8, 4) is 0 Å². The van der Waals surface area contributed by atoms with E-state index >= 15 is 0 Å². The molecule has 0 fully saturated rings. The van der Waals surface area contributed by atoms with Gasteiger partial charge in [0.15, 0.2) is 5.82 Å². The maximum absolute atomic E-state index is 11.0. The second-order valence-electron chi connectivity index (χ2n) is 3.55. The van der Waals surface area contributed by atoms with Crippen molar-refractivity contribution in [1.29, 1.82) is 0 Å². The van der Waals surface area contributed by atoms with E-state index < -0.39 is 0 Å². The molecule has 0 aliphatic carbocycles. The van der Waals surface area contributed by atoms with E-state index in [1.807, 2.05) is 11.6 Å². The second-order valence-corrected chi connectivity index (χ2v) is 3.55. The molecule has 0 aliphatic rings. The van der Waals surface area contributed by atoms with Gasteiger partial charge >= 0.3 is 5.97 Å². The van der Waals surface area contributed by atoms with Gasteiger partial charge in [-0.3, -0.25) is 4.79 Å². The zero-order chi connectivity index (χ0) is 12.0. The van der Waals surface area contributed by atoms with Crippen molar-refractivity contribution in [2.24, 2.45) is 0 Å². The van der Waals surface area contributed by atoms with E-state index in [-0.39, 0.29) is 5.97 Å². The maximum atomic E-state index is 11.0. The minimum Gasteiger partial charge on any atom is -0.469 e. The molecule has 1 rings (SSSR count). The number of nitrogens with zero attached hydrogens (tertiary/aromatic N) is 3. The lowest BCUT2D eigenvalue weighted by atomic mass is 10.3. The van der Waals surface area contributed by atoms with Crippen LogP contribution in [0.3, 0.4) is 0 Å². The number of hydrogen-bond acceptors (Lipinski definition) is 4. The molecule has 1 aromatic rings. The number of aryl methyl sites for hydroxylation is 3. The number of carbonyl (C=O) groups is 1. The molecule has 0 N–H and O–H groups in total. The van der Waals surface area contributed by atoms with Crippen LogP contribution < -0.4 is 0 Å². The Morgan fingerprint density at radius 2 is 2.12 bits per heavy atom. The highest BCUT2D eigenvalue weighted by Crippen LogP contribution is 2.03. The molecule has 0 spiro atoms. The molecular formula is C11H19N3O2. The van der Waals surface area contributed by atoms with Crippen molar-refractivity contribution < 1.29 is 9.53 Å². The first kappa shape index (κ1) is 12.7. The van der Waals surface area contributed by atoms with Crippen molar-refractivity contribution in [3.63, 3.8) is 0 Å². The van der Waals surface area contributed by atoms with Crippen molar-refractivity contribution in [3.05, 3.63) is 11.6 Å². The van der Waals surface area contributed by atoms with E-state index in [1.54, 1.807) is 0 Å². The minimum absolute atomic E-state index is 0.172. The van der Waals surface area contributed by atoms with Gasteiger partial charge in [0.2, 0.25) is 0 Å². The number of hydrogen-bond donors (Lipinski definition) is 0. The third-order valence-corrected chi connectivity index (χ3v) is 2.40. The average molecular weight is 225 g/mol. The lowest BCUT2D eigenvalue weighted by molar-refractivity contribution is -0.140. The molecule has 90 valence electrons. The van der Waals surface area contributed by atoms with Crippen LogP contribution in [0.5, 0.6) is 0 Å². The summed E-state index contributed by atoms with van der Waals surface area (Å²) in [7, 11) is 1.41. The van der Waals surface area contributed by atoms with Crippen LogP contribution in [0.4, 0.5) is 0 Å². The monoisotopic (exact) mass is 225 g/mol. The SMILES string of the molecule is CCc1nc(CC)n(CCCC(=O)OC)n1. The van der Waals surface area contributed by atoms with Gasteiger partial charge in [-0.1, -0.05) is 13.8 Å². The van der Waals surface area contributed by atoms with Crippen molar-refractivity contribution in [2.45, 2.75) is 46.1 Å². The average Bonchev–Trinajstić information content (AvgIpc) is 2.71. The number of ether oxygens (including phenoxy) is 1. The number of carbonyl (C=O) groups excluding carboxylic acids is 1. The zero-order valence-electron chi connectivity index (χ0n) is 10.2. The number of aromatic nitrogens is 3. The Hall–Kier alpha value is -1.39. The molecule has 0 atom stereocenters. The minimum atomic E-state index is -0.172. The summed E-state index contributed by atoms with van der Waals surface area (Å²) in [5.74, 6) is 1.69. The zero-order valence-corrected chi connectivity index (χ0v) is 10.2. The Labute approximate surface area is 95.8 Å². The Morgan fingerprint density at radius 3 is 2.69 bits per heavy atom. The lowest BCUT2D eigenvalue weighted by Gasteiger charge is -2.03. The van der Waals surface area contributed by atoms with Gasteiger partial charge in [-0.15, -0.1) is 0 Å². The standard InChI is InChI=1S/C11H19N3O2/c1-4-9-12-10(5-2)14(13-9)8-6-7-11(15)16-3/h4-8H2,1-3H3. The fraction of sp³-hybridized carbons (Fsp3) is 0.727. The number of rotatable bonds is 6. The van der Waals surface area contributed by atoms with E-state index in [2.05, 4.69) is 21.7 Å². The summed E-state index contributed by atoms with van der Waals surface area (Å²) in [4.78, 5) is 15.4. The first-order valence-electron chi connectivity index (χ1n) is 5.70. The molecule has 5 heteroatoms. The topological polar surface area (TPSA) is 57.0 Å². The third-order valence-electron chi connectivity index (χ3n) is 2.40. The Morgan fingerprint density at radius 1 is 1.38 bits per heavy atom. The molecule has 0 saturated carbocycles. The predicted molar refractivity (Wildman–Crippen MR) is 60.0 cm³/mol. The highest BCUT2D eigenvalue weighted by atomic mass is 16.5. The fourth-order valence-corrected chi connectivity index (χ4v) is 1.49. The Kier molecular flexibility index (Phi) is 4.95. The highest BCUT2D eigenvalue weighted by molar-refractivity contribution is 5.68. The molecule has 1 aromatic heterocycles. The van der Waals surface area contributed by atoms with Crippen LogP contribution in [-0.4, -0.2) is 27.8 Å². The van der Waals surface area contributed by atoms with E-state index in [9.17, 15) is 4.79 Å². The van der Waals surface area contributed by atoms with Gasteiger partial charge in [0.25, 0.3) is 0 Å². The van der Waals surface area contributed by atoms with E-state index in [4.69, 9.17) is 0 Å². The molecule has 0 bridgehead atoms. The van der Waals surface area contributed by atoms with Gasteiger partial charge in [-0.05, 0) is 6.42 Å². The smallest absolute Gasteiger partial charge is 0.305 e. The van der Waals surface area contributed by atoms with Crippen molar-refractivity contribution in [2.75, 3.05) is 7.11 Å². The van der Waals surface area contributed by atoms with E-state index in [0.29, 0.717) is 6.42 Å². The summed E-state index contributed by atoms with van der Waals surface area (Å²) in [5, 5.41) is 4.38. The van der Waals surface area contributed by atoms with Crippen LogP contribution in [0.15, 0.2) is 0 Å². The third kappa shape index (κ3) is 3.32. The van der Waals surface area contributed by atoms with Crippen molar-refractivity contribution in [1.82, 2.24) is 14.8 Å². The first-order valence-corrected chi connectivity index (χ1v) is 5.70. The lowest BCUT2D eigenvalue weighted by Crippen LogP contribution is -2.08. The maximum Gasteiger partial charge on any atom is 0.305 e. The van der Waals surface area contributed by atoms with E-state index in [0.717, 1.165) is 37.5 Å². The highest BCUT2D eigenvalue weighted by Gasteiger charge is 2.07. The predicted octanol–water partition coefficient (Wildman–Crippen LogP) is 1.36.